The smallest absolute Gasteiger partial charge is 0.305 e. The van der Waals surface area contributed by atoms with Crippen molar-refractivity contribution in [3.05, 3.63) is 0 Å². The van der Waals surface area contributed by atoms with Crippen LogP contribution in [0.25, 0.3) is 0 Å². The Morgan fingerprint density at radius 3 is 2.00 bits per heavy atom. The molecule has 1 heterocycles. The highest BCUT2D eigenvalue weighted by atomic mass is 16.4. The predicted molar refractivity (Wildman–Crippen MR) is 31.5 cm³/mol. The molecule has 51 valence electrons. The van der Waals surface area contributed by atoms with E-state index in [1.807, 2.05) is 0 Å². The van der Waals surface area contributed by atoms with Gasteiger partial charge in [-0.3, -0.25) is 0 Å². The van der Waals surface area contributed by atoms with Crippen LogP contribution in [0, 0.1) is 0 Å². The standard InChI is InChI=1S/C6H10NO2/c8-6(9)7-4-2-1-3-5-7/h1-5H2. The third-order valence-corrected chi connectivity index (χ3v) is 1.61. The molecule has 1 radical (unpaired) electrons. The maximum Gasteiger partial charge on any atom is 0.453 e. The average molecular weight is 128 g/mol. The summed E-state index contributed by atoms with van der Waals surface area (Å²) in [6.07, 6.45) is 2.13. The lowest BCUT2D eigenvalue weighted by Gasteiger charge is -2.21. The lowest BCUT2D eigenvalue weighted by atomic mass is 10.1. The fraction of sp³-hybridized carbons (Fsp3) is 0.833. The molecule has 9 heavy (non-hydrogen) atoms. The van der Waals surface area contributed by atoms with E-state index in [1.54, 1.807) is 0 Å². The third-order valence-electron chi connectivity index (χ3n) is 1.61. The van der Waals surface area contributed by atoms with Crippen molar-refractivity contribution in [1.82, 2.24) is 4.90 Å². The molecule has 1 aliphatic heterocycles. The quantitative estimate of drug-likeness (QED) is 0.480. The summed E-state index contributed by atoms with van der Waals surface area (Å²) in [7, 11) is 0. The van der Waals surface area contributed by atoms with Gasteiger partial charge in [0.2, 0.25) is 0 Å². The van der Waals surface area contributed by atoms with Crippen molar-refractivity contribution in [3.63, 3.8) is 0 Å². The lowest BCUT2D eigenvalue weighted by molar-refractivity contribution is 0.111. The number of carbonyl (C=O) groups excluding carboxylic acids is 1. The van der Waals surface area contributed by atoms with Crippen LogP contribution in [0.15, 0.2) is 0 Å². The van der Waals surface area contributed by atoms with Gasteiger partial charge in [0.25, 0.3) is 0 Å². The number of hydrogen-bond acceptors (Lipinski definition) is 1. The second-order valence-electron chi connectivity index (χ2n) is 2.31. The van der Waals surface area contributed by atoms with Crippen LogP contribution < -0.4 is 0 Å². The van der Waals surface area contributed by atoms with Gasteiger partial charge in [-0.05, 0) is 19.3 Å². The molecule has 0 atom stereocenters. The third kappa shape index (κ3) is 1.59. The van der Waals surface area contributed by atoms with E-state index in [1.165, 1.54) is 4.90 Å². The molecule has 0 bridgehead atoms. The zero-order valence-corrected chi connectivity index (χ0v) is 5.30. The summed E-state index contributed by atoms with van der Waals surface area (Å²) in [4.78, 5) is 11.5. The van der Waals surface area contributed by atoms with E-state index in [0.717, 1.165) is 19.3 Å². The maximum absolute atomic E-state index is 10.2. The molecule has 0 aromatic heterocycles. The van der Waals surface area contributed by atoms with Gasteiger partial charge in [-0.1, -0.05) is 0 Å². The van der Waals surface area contributed by atoms with Crippen molar-refractivity contribution in [1.29, 1.82) is 0 Å². The number of rotatable bonds is 0. The molecule has 0 aliphatic carbocycles. The van der Waals surface area contributed by atoms with Crippen molar-refractivity contribution < 1.29 is 9.90 Å². The van der Waals surface area contributed by atoms with Crippen LogP contribution in [-0.4, -0.2) is 24.1 Å². The molecule has 0 N–H and O–H groups in total. The number of likely N-dealkylation sites (tertiary alicyclic amines) is 1. The number of piperidine rings is 1. The highest BCUT2D eigenvalue weighted by Gasteiger charge is 2.15. The molecule has 1 rings (SSSR count). The molecule has 3 nitrogen and oxygen atoms in total. The molecule has 0 unspecified atom stereocenters. The Kier molecular flexibility index (Phi) is 1.92. The first-order chi connectivity index (χ1) is 4.30. The van der Waals surface area contributed by atoms with Crippen LogP contribution in [0.4, 0.5) is 4.79 Å². The second-order valence-corrected chi connectivity index (χ2v) is 2.31. The molecule has 1 fully saturated rings. The summed E-state index contributed by atoms with van der Waals surface area (Å²) in [6, 6.07) is 0. The number of amides is 1. The van der Waals surface area contributed by atoms with Crippen molar-refractivity contribution in [2.24, 2.45) is 0 Å². The van der Waals surface area contributed by atoms with Gasteiger partial charge < -0.3 is 4.90 Å². The maximum atomic E-state index is 10.2. The van der Waals surface area contributed by atoms with Crippen LogP contribution in [0.1, 0.15) is 19.3 Å². The zero-order valence-electron chi connectivity index (χ0n) is 5.30. The van der Waals surface area contributed by atoms with Gasteiger partial charge in [0, 0.05) is 13.1 Å². The molecule has 0 saturated carbocycles. The molecule has 1 amide bonds. The predicted octanol–water partition coefficient (Wildman–Crippen LogP) is 1.02. The molecular formula is C6H10NO2. The van der Waals surface area contributed by atoms with E-state index in [-0.39, 0.29) is 0 Å². The van der Waals surface area contributed by atoms with E-state index >= 15 is 0 Å². The largest absolute Gasteiger partial charge is 0.453 e. The minimum atomic E-state index is -1.02. The highest BCUT2D eigenvalue weighted by molar-refractivity contribution is 5.64. The van der Waals surface area contributed by atoms with Crippen molar-refractivity contribution >= 4 is 6.09 Å². The van der Waals surface area contributed by atoms with Gasteiger partial charge >= 0.3 is 6.09 Å². The first-order valence-corrected chi connectivity index (χ1v) is 3.26. The van der Waals surface area contributed by atoms with Crippen molar-refractivity contribution in [2.75, 3.05) is 13.1 Å². The van der Waals surface area contributed by atoms with Crippen molar-refractivity contribution in [2.45, 2.75) is 19.3 Å². The van der Waals surface area contributed by atoms with Crippen LogP contribution in [0.3, 0.4) is 0 Å². The Bertz CT molecular complexity index is 108. The Labute approximate surface area is 54.3 Å². The summed E-state index contributed by atoms with van der Waals surface area (Å²) in [5.41, 5.74) is 0. The fourth-order valence-electron chi connectivity index (χ4n) is 1.08. The van der Waals surface area contributed by atoms with Gasteiger partial charge in [0.05, 0.1) is 0 Å². The Balaban J connectivity index is 2.31. The minimum absolute atomic E-state index is 0.669. The monoisotopic (exact) mass is 128 g/mol. The van der Waals surface area contributed by atoms with E-state index < -0.39 is 6.09 Å². The van der Waals surface area contributed by atoms with Gasteiger partial charge in [-0.2, -0.15) is 0 Å². The summed E-state index contributed by atoms with van der Waals surface area (Å²) in [5, 5.41) is 10.2. The second kappa shape index (κ2) is 2.71. The first kappa shape index (κ1) is 6.39. The van der Waals surface area contributed by atoms with Crippen LogP contribution in [-0.2, 0) is 5.11 Å². The Hall–Kier alpha value is -0.730. The highest BCUT2D eigenvalue weighted by Crippen LogP contribution is 2.07. The zero-order chi connectivity index (χ0) is 6.69. The van der Waals surface area contributed by atoms with E-state index in [4.69, 9.17) is 0 Å². The fourth-order valence-corrected chi connectivity index (χ4v) is 1.08. The molecule has 0 aromatic carbocycles. The molecular weight excluding hydrogens is 118 g/mol. The molecule has 1 saturated heterocycles. The molecule has 0 spiro atoms. The molecule has 3 heteroatoms. The summed E-state index contributed by atoms with van der Waals surface area (Å²) < 4.78 is 0. The minimum Gasteiger partial charge on any atom is -0.305 e. The molecule has 1 aliphatic rings. The average Bonchev–Trinajstić information content (AvgIpc) is 1.90. The Morgan fingerprint density at radius 1 is 1.11 bits per heavy atom. The summed E-state index contributed by atoms with van der Waals surface area (Å²) in [5.74, 6) is 0. The number of carbonyl (C=O) groups is 1. The Morgan fingerprint density at radius 2 is 1.67 bits per heavy atom. The first-order valence-electron chi connectivity index (χ1n) is 3.26. The topological polar surface area (TPSA) is 40.2 Å². The van der Waals surface area contributed by atoms with Crippen molar-refractivity contribution in [3.8, 4) is 0 Å². The van der Waals surface area contributed by atoms with Crippen LogP contribution >= 0.6 is 0 Å². The molecule has 0 aromatic rings. The normalized spacial score (nSPS) is 19.8. The SMILES string of the molecule is [O]C(=O)N1CCCCC1. The van der Waals surface area contributed by atoms with Crippen LogP contribution in [0.5, 0.6) is 0 Å². The van der Waals surface area contributed by atoms with Gasteiger partial charge in [0.15, 0.2) is 0 Å². The van der Waals surface area contributed by atoms with Gasteiger partial charge in [-0.25, -0.2) is 9.90 Å². The number of nitrogens with zero attached hydrogens (tertiary/aromatic N) is 1. The summed E-state index contributed by atoms with van der Waals surface area (Å²) in [6.45, 7) is 1.34. The van der Waals surface area contributed by atoms with Gasteiger partial charge in [-0.15, -0.1) is 0 Å². The van der Waals surface area contributed by atoms with E-state index in [0.29, 0.717) is 13.1 Å². The lowest BCUT2D eigenvalue weighted by Crippen LogP contribution is -2.33. The van der Waals surface area contributed by atoms with Crippen LogP contribution in [0.2, 0.25) is 0 Å². The van der Waals surface area contributed by atoms with Gasteiger partial charge in [0.1, 0.15) is 0 Å². The number of hydrogen-bond donors (Lipinski definition) is 0. The van der Waals surface area contributed by atoms with E-state index in [9.17, 15) is 9.90 Å². The van der Waals surface area contributed by atoms with E-state index in [2.05, 4.69) is 0 Å². The summed E-state index contributed by atoms with van der Waals surface area (Å²) >= 11 is 0.